The first-order chi connectivity index (χ1) is 16.1. The van der Waals surface area contributed by atoms with Crippen LogP contribution in [-0.4, -0.2) is 79.3 Å². The summed E-state index contributed by atoms with van der Waals surface area (Å²) in [5, 5.41) is 20.5. The van der Waals surface area contributed by atoms with Crippen molar-refractivity contribution in [2.45, 2.75) is 12.2 Å². The second-order valence-electron chi connectivity index (χ2n) is 7.12. The average molecular weight is 455 g/mol. The summed E-state index contributed by atoms with van der Waals surface area (Å²) in [6.07, 6.45) is 1.56. The quantitative estimate of drug-likeness (QED) is 0.348. The maximum Gasteiger partial charge on any atom is 0.320 e. The van der Waals surface area contributed by atoms with Gasteiger partial charge in [0.05, 0.1) is 47.6 Å². The van der Waals surface area contributed by atoms with Crippen LogP contribution in [0.1, 0.15) is 17.4 Å². The van der Waals surface area contributed by atoms with Crippen LogP contribution in [0.15, 0.2) is 30.6 Å². The Morgan fingerprint density at radius 1 is 1.18 bits per heavy atom. The molecule has 3 aromatic rings. The molecule has 15 heteroatoms. The van der Waals surface area contributed by atoms with Crippen molar-refractivity contribution in [3.05, 3.63) is 36.3 Å². The Morgan fingerprint density at radius 2 is 1.94 bits per heavy atom. The van der Waals surface area contributed by atoms with Crippen molar-refractivity contribution in [2.75, 3.05) is 24.3 Å². The summed E-state index contributed by atoms with van der Waals surface area (Å²) in [5.74, 6) is 0.118. The van der Waals surface area contributed by atoms with E-state index in [0.29, 0.717) is 29.4 Å². The second kappa shape index (κ2) is 10.3. The van der Waals surface area contributed by atoms with E-state index < -0.39 is 17.2 Å². The number of carbonyl (C=O) groups excluding carboxylic acids is 2. The summed E-state index contributed by atoms with van der Waals surface area (Å²) in [5.41, 5.74) is 1.04. The number of anilines is 3. The van der Waals surface area contributed by atoms with Gasteiger partial charge in [-0.2, -0.15) is 5.10 Å². The number of ether oxygens (including phenoxy) is 1. The van der Waals surface area contributed by atoms with Gasteiger partial charge in [0, 0.05) is 19.7 Å². The molecule has 0 saturated heterocycles. The molecule has 6 radical (unpaired) electrons. The molecule has 168 valence electrons. The van der Waals surface area contributed by atoms with E-state index in [9.17, 15) is 9.59 Å². The molecule has 0 unspecified atom stereocenters. The highest BCUT2D eigenvalue weighted by atomic mass is 16.5. The van der Waals surface area contributed by atoms with Crippen molar-refractivity contribution >= 4 is 52.7 Å². The number of hydrogen-bond donors (Lipinski definition) is 4. The highest BCUT2D eigenvalue weighted by Crippen LogP contribution is 2.37. The van der Waals surface area contributed by atoms with Gasteiger partial charge in [0.1, 0.15) is 6.33 Å². The number of methoxy groups -OCH3 is 1. The van der Waals surface area contributed by atoms with Gasteiger partial charge < -0.3 is 20.7 Å². The molecule has 1 aromatic carbocycles. The molecule has 0 aliphatic carbocycles. The third-order valence-electron chi connectivity index (χ3n) is 4.25. The molecule has 0 aliphatic rings. The van der Waals surface area contributed by atoms with E-state index in [2.05, 4.69) is 41.5 Å². The third-order valence-corrected chi connectivity index (χ3v) is 4.25. The summed E-state index contributed by atoms with van der Waals surface area (Å²) >= 11 is 0. The van der Waals surface area contributed by atoms with Crippen LogP contribution in [0.3, 0.4) is 0 Å². The molecule has 34 heavy (non-hydrogen) atoms. The van der Waals surface area contributed by atoms with Crippen LogP contribution >= 0.6 is 0 Å². The number of aryl methyl sites for hydroxylation is 1. The van der Waals surface area contributed by atoms with Crippen LogP contribution < -0.4 is 26.0 Å². The summed E-state index contributed by atoms with van der Waals surface area (Å²) < 4.78 is 7.15. The molecule has 2 heterocycles. The molecule has 0 spiro atoms. The molecular formula is C19H20B3N9O3. The van der Waals surface area contributed by atoms with Gasteiger partial charge in [-0.3, -0.25) is 14.8 Å². The van der Waals surface area contributed by atoms with E-state index in [1.54, 1.807) is 43.2 Å². The average Bonchev–Trinajstić information content (AvgIpc) is 3.18. The number of nitrogens with one attached hydrogen (secondary N) is 4. The molecule has 0 saturated carbocycles. The first-order valence-corrected chi connectivity index (χ1v) is 10.0. The largest absolute Gasteiger partial charge is 0.494 e. The number of urea groups is 1. The molecule has 0 fully saturated rings. The van der Waals surface area contributed by atoms with Gasteiger partial charge in [0.2, 0.25) is 0 Å². The molecule has 0 atom stereocenters. The zero-order valence-electron chi connectivity index (χ0n) is 18.8. The number of benzene rings is 1. The Bertz CT molecular complexity index is 1200. The minimum absolute atomic E-state index is 0.0750. The van der Waals surface area contributed by atoms with Gasteiger partial charge in [-0.1, -0.05) is 11.3 Å². The van der Waals surface area contributed by atoms with Gasteiger partial charge in [0.25, 0.3) is 5.91 Å². The SMILES string of the molecule is [B]C([B])([B])NC(=O)c1nnc(NC(=O)NCC)cc1Nc1cccc(-c2ncn(C)n2)c1OC. The predicted octanol–water partition coefficient (Wildman–Crippen LogP) is 0.0123. The monoisotopic (exact) mass is 455 g/mol. The Kier molecular flexibility index (Phi) is 7.44. The van der Waals surface area contributed by atoms with E-state index in [4.69, 9.17) is 28.3 Å². The number of hydrogen-bond acceptors (Lipinski definition) is 8. The van der Waals surface area contributed by atoms with Crippen LogP contribution in [0.4, 0.5) is 22.0 Å². The fourth-order valence-electron chi connectivity index (χ4n) is 2.93. The first kappa shape index (κ1) is 24.6. The molecular weight excluding hydrogens is 435 g/mol. The Labute approximate surface area is 199 Å². The van der Waals surface area contributed by atoms with Crippen molar-refractivity contribution in [3.8, 4) is 17.1 Å². The lowest BCUT2D eigenvalue weighted by atomic mass is 9.49. The lowest BCUT2D eigenvalue weighted by Crippen LogP contribution is -2.50. The molecule has 3 rings (SSSR count). The fourth-order valence-corrected chi connectivity index (χ4v) is 2.93. The highest BCUT2D eigenvalue weighted by molar-refractivity contribution is 6.60. The van der Waals surface area contributed by atoms with Crippen LogP contribution in [0, 0.1) is 0 Å². The molecule has 4 N–H and O–H groups in total. The lowest BCUT2D eigenvalue weighted by molar-refractivity contribution is 0.0947. The minimum Gasteiger partial charge on any atom is -0.494 e. The zero-order chi connectivity index (χ0) is 24.9. The summed E-state index contributed by atoms with van der Waals surface area (Å²) in [6, 6.07) is 6.16. The maximum atomic E-state index is 12.7. The lowest BCUT2D eigenvalue weighted by Gasteiger charge is -2.23. The van der Waals surface area contributed by atoms with Gasteiger partial charge in [-0.15, -0.1) is 10.2 Å². The van der Waals surface area contributed by atoms with E-state index in [-0.39, 0.29) is 17.2 Å². The number of nitrogens with zero attached hydrogens (tertiary/aromatic N) is 5. The molecule has 3 amide bonds. The second-order valence-corrected chi connectivity index (χ2v) is 7.12. The Morgan fingerprint density at radius 3 is 2.56 bits per heavy atom. The van der Waals surface area contributed by atoms with E-state index >= 15 is 0 Å². The van der Waals surface area contributed by atoms with E-state index in [0.717, 1.165) is 0 Å². The number of rotatable bonds is 8. The molecule has 0 aliphatic heterocycles. The van der Waals surface area contributed by atoms with Crippen molar-refractivity contribution in [1.82, 2.24) is 35.6 Å². The van der Waals surface area contributed by atoms with Crippen molar-refractivity contribution < 1.29 is 14.3 Å². The van der Waals surface area contributed by atoms with E-state index in [1.807, 2.05) is 0 Å². The van der Waals surface area contributed by atoms with Crippen molar-refractivity contribution in [2.24, 2.45) is 7.05 Å². The maximum absolute atomic E-state index is 12.7. The van der Waals surface area contributed by atoms with Crippen molar-refractivity contribution in [3.63, 3.8) is 0 Å². The number of carbonyl (C=O) groups is 2. The standard InChI is InChI=1S/C19H20B3N9O3/c1-4-23-18(33)26-13-8-12(14(29-28-13)17(32)27-19(20,21)22)25-11-7-5-6-10(15(11)34-3)16-24-9-31(2)30-16/h5-9H,4H2,1-3H3,(H,27,32)(H3,23,25,26,28,33). The normalized spacial score (nSPS) is 10.9. The Hall–Kier alpha value is -4.03. The zero-order valence-corrected chi connectivity index (χ0v) is 18.8. The van der Waals surface area contributed by atoms with Gasteiger partial charge in [-0.05, 0) is 19.1 Å². The highest BCUT2D eigenvalue weighted by Gasteiger charge is 2.22. The fraction of sp³-hybridized carbons (Fsp3) is 0.263. The first-order valence-electron chi connectivity index (χ1n) is 10.0. The molecule has 12 nitrogen and oxygen atoms in total. The van der Waals surface area contributed by atoms with Crippen LogP contribution in [0.5, 0.6) is 5.75 Å². The minimum atomic E-state index is -1.99. The number of amides is 3. The van der Waals surface area contributed by atoms with Gasteiger partial charge in [-0.25, -0.2) is 9.78 Å². The Balaban J connectivity index is 2.04. The third kappa shape index (κ3) is 6.06. The molecule has 2 aromatic heterocycles. The van der Waals surface area contributed by atoms with E-state index in [1.165, 1.54) is 13.2 Å². The van der Waals surface area contributed by atoms with Crippen LogP contribution in [0.25, 0.3) is 11.4 Å². The van der Waals surface area contributed by atoms with Gasteiger partial charge >= 0.3 is 6.03 Å². The van der Waals surface area contributed by atoms with Crippen LogP contribution in [-0.2, 0) is 7.05 Å². The van der Waals surface area contributed by atoms with Gasteiger partial charge in [0.15, 0.2) is 23.1 Å². The smallest absolute Gasteiger partial charge is 0.320 e. The number of aromatic nitrogens is 5. The summed E-state index contributed by atoms with van der Waals surface area (Å²) in [6.45, 7) is 2.17. The van der Waals surface area contributed by atoms with Crippen molar-refractivity contribution in [1.29, 1.82) is 0 Å². The number of para-hydroxylation sites is 1. The summed E-state index contributed by atoms with van der Waals surface area (Å²) in [4.78, 5) is 28.9. The topological polar surface area (TPSA) is 148 Å². The summed E-state index contributed by atoms with van der Waals surface area (Å²) in [7, 11) is 19.7. The predicted molar refractivity (Wildman–Crippen MR) is 128 cm³/mol. The van der Waals surface area contributed by atoms with Crippen LogP contribution in [0.2, 0.25) is 0 Å². The molecule has 0 bridgehead atoms.